The summed E-state index contributed by atoms with van der Waals surface area (Å²) >= 11 is 0. The lowest BCUT2D eigenvalue weighted by atomic mass is 9.95. The van der Waals surface area contributed by atoms with Crippen LogP contribution in [-0.4, -0.2) is 23.4 Å². The summed E-state index contributed by atoms with van der Waals surface area (Å²) in [5, 5.41) is 0. The van der Waals surface area contributed by atoms with Gasteiger partial charge in [-0.2, -0.15) is 0 Å². The Morgan fingerprint density at radius 1 is 0.722 bits per heavy atom. The van der Waals surface area contributed by atoms with E-state index < -0.39 is 0 Å². The fourth-order valence-corrected chi connectivity index (χ4v) is 1.70. The second-order valence-corrected chi connectivity index (χ2v) is 6.99. The molecule has 1 rings (SSSR count). The van der Waals surface area contributed by atoms with Gasteiger partial charge in [0.05, 0.1) is 23.4 Å². The highest BCUT2D eigenvalue weighted by atomic mass is 17.2. The topological polar surface area (TPSA) is 36.9 Å². The summed E-state index contributed by atoms with van der Waals surface area (Å²) in [6, 6.07) is 0. The van der Waals surface area contributed by atoms with Crippen molar-refractivity contribution in [1.29, 1.82) is 0 Å². The highest BCUT2D eigenvalue weighted by Crippen LogP contribution is 2.26. The smallest absolute Gasteiger partial charge is 0.0956 e. The molecule has 4 nitrogen and oxygen atoms in total. The molecule has 0 saturated heterocycles. The van der Waals surface area contributed by atoms with Gasteiger partial charge in [0.2, 0.25) is 0 Å². The first-order valence-electron chi connectivity index (χ1n) is 6.85. The third-order valence-electron chi connectivity index (χ3n) is 2.45. The third-order valence-corrected chi connectivity index (χ3v) is 2.45. The first-order chi connectivity index (χ1) is 8.16. The van der Waals surface area contributed by atoms with Crippen molar-refractivity contribution in [2.24, 2.45) is 0 Å². The minimum atomic E-state index is -0.268. The summed E-state index contributed by atoms with van der Waals surface area (Å²) in [6.45, 7) is 11.9. The van der Waals surface area contributed by atoms with Crippen LogP contribution in [0, 0.1) is 0 Å². The summed E-state index contributed by atoms with van der Waals surface area (Å²) in [7, 11) is 0. The maximum absolute atomic E-state index is 5.47. The molecule has 1 aliphatic carbocycles. The molecule has 0 aromatic heterocycles. The van der Waals surface area contributed by atoms with Gasteiger partial charge in [-0.3, -0.25) is 0 Å². The molecule has 2 atom stereocenters. The normalized spacial score (nSPS) is 26.3. The predicted octanol–water partition coefficient (Wildman–Crippen LogP) is 3.79. The average Bonchev–Trinajstić information content (AvgIpc) is 2.22. The minimum Gasteiger partial charge on any atom is -0.233 e. The Bertz CT molecular complexity index is 215. The summed E-state index contributed by atoms with van der Waals surface area (Å²) < 4.78 is 0. The van der Waals surface area contributed by atoms with Crippen molar-refractivity contribution in [3.05, 3.63) is 0 Å². The van der Waals surface area contributed by atoms with Crippen LogP contribution in [-0.2, 0) is 19.6 Å². The van der Waals surface area contributed by atoms with Gasteiger partial charge in [-0.1, -0.05) is 0 Å². The maximum Gasteiger partial charge on any atom is 0.0956 e. The van der Waals surface area contributed by atoms with Crippen LogP contribution in [0.2, 0.25) is 0 Å². The molecule has 0 heterocycles. The Labute approximate surface area is 111 Å². The monoisotopic (exact) mass is 260 g/mol. The van der Waals surface area contributed by atoms with Crippen LogP contribution in [0.1, 0.15) is 67.2 Å². The zero-order valence-corrected chi connectivity index (χ0v) is 12.6. The van der Waals surface area contributed by atoms with Gasteiger partial charge in [0.25, 0.3) is 0 Å². The molecule has 4 heteroatoms. The molecule has 108 valence electrons. The molecule has 1 fully saturated rings. The fraction of sp³-hybridized carbons (Fsp3) is 1.00. The van der Waals surface area contributed by atoms with E-state index in [1.54, 1.807) is 0 Å². The lowest BCUT2D eigenvalue weighted by molar-refractivity contribution is -0.403. The molecule has 0 spiro atoms. The van der Waals surface area contributed by atoms with Gasteiger partial charge < -0.3 is 0 Å². The third kappa shape index (κ3) is 7.31. The van der Waals surface area contributed by atoms with E-state index >= 15 is 0 Å². The van der Waals surface area contributed by atoms with Gasteiger partial charge in [-0.25, -0.2) is 19.6 Å². The van der Waals surface area contributed by atoms with Gasteiger partial charge in [-0.05, 0) is 60.8 Å². The zero-order valence-electron chi connectivity index (χ0n) is 12.6. The van der Waals surface area contributed by atoms with E-state index in [9.17, 15) is 0 Å². The molecule has 0 aromatic rings. The molecule has 0 N–H and O–H groups in total. The van der Waals surface area contributed by atoms with Crippen LogP contribution < -0.4 is 0 Å². The van der Waals surface area contributed by atoms with Crippen LogP contribution in [0.5, 0.6) is 0 Å². The van der Waals surface area contributed by atoms with Crippen LogP contribution in [0.3, 0.4) is 0 Å². The van der Waals surface area contributed by atoms with E-state index in [-0.39, 0.29) is 23.4 Å². The van der Waals surface area contributed by atoms with Crippen molar-refractivity contribution >= 4 is 0 Å². The lowest BCUT2D eigenvalue weighted by Crippen LogP contribution is -2.33. The molecule has 0 amide bonds. The number of hydrogen-bond donors (Lipinski definition) is 0. The van der Waals surface area contributed by atoms with Gasteiger partial charge in [-0.15, -0.1) is 0 Å². The van der Waals surface area contributed by atoms with Gasteiger partial charge in [0, 0.05) is 6.42 Å². The highest BCUT2D eigenvalue weighted by Gasteiger charge is 2.27. The van der Waals surface area contributed by atoms with Crippen LogP contribution >= 0.6 is 0 Å². The summed E-state index contributed by atoms with van der Waals surface area (Å²) in [4.78, 5) is 21.7. The summed E-state index contributed by atoms with van der Waals surface area (Å²) in [5.41, 5.74) is -0.536. The van der Waals surface area contributed by atoms with Crippen molar-refractivity contribution in [2.75, 3.05) is 0 Å². The number of rotatable bonds is 4. The summed E-state index contributed by atoms with van der Waals surface area (Å²) in [6.07, 6.45) is 4.15. The predicted molar refractivity (Wildman–Crippen MR) is 69.9 cm³/mol. The molecule has 0 bridgehead atoms. The molecule has 2 unspecified atom stereocenters. The minimum absolute atomic E-state index is 0.103. The quantitative estimate of drug-likeness (QED) is 0.569. The molecule has 0 aromatic carbocycles. The van der Waals surface area contributed by atoms with E-state index in [4.69, 9.17) is 19.6 Å². The average molecular weight is 260 g/mol. The van der Waals surface area contributed by atoms with Crippen molar-refractivity contribution < 1.29 is 19.6 Å². The Balaban J connectivity index is 2.28. The van der Waals surface area contributed by atoms with Crippen molar-refractivity contribution in [3.8, 4) is 0 Å². The Morgan fingerprint density at radius 2 is 1.11 bits per heavy atom. The summed E-state index contributed by atoms with van der Waals surface area (Å²) in [5.74, 6) is 0. The maximum atomic E-state index is 5.47. The van der Waals surface area contributed by atoms with E-state index in [0.29, 0.717) is 0 Å². The van der Waals surface area contributed by atoms with E-state index in [0.717, 1.165) is 25.7 Å². The highest BCUT2D eigenvalue weighted by molar-refractivity contribution is 4.72. The SMILES string of the molecule is CC(C)(C)OOC1CCCC(OOC(C)(C)C)C1. The Hall–Kier alpha value is -0.160. The molecule has 0 radical (unpaired) electrons. The molecule has 18 heavy (non-hydrogen) atoms. The lowest BCUT2D eigenvalue weighted by Gasteiger charge is -2.31. The van der Waals surface area contributed by atoms with Gasteiger partial charge in [0.15, 0.2) is 0 Å². The van der Waals surface area contributed by atoms with E-state index in [1.807, 2.05) is 41.5 Å². The first kappa shape index (κ1) is 15.9. The van der Waals surface area contributed by atoms with Crippen molar-refractivity contribution in [3.63, 3.8) is 0 Å². The molecule has 1 saturated carbocycles. The van der Waals surface area contributed by atoms with Crippen molar-refractivity contribution in [2.45, 2.75) is 90.6 Å². The standard InChI is InChI=1S/C14H28O4/c1-13(2,3)17-15-11-8-7-9-12(10-11)16-18-14(4,5)6/h11-12H,7-10H2,1-6H3. The number of hydrogen-bond acceptors (Lipinski definition) is 4. The van der Waals surface area contributed by atoms with Crippen LogP contribution in [0.15, 0.2) is 0 Å². The molecule has 0 aliphatic heterocycles. The first-order valence-corrected chi connectivity index (χ1v) is 6.85. The van der Waals surface area contributed by atoms with E-state index in [1.165, 1.54) is 0 Å². The second-order valence-electron chi connectivity index (χ2n) is 6.99. The van der Waals surface area contributed by atoms with Gasteiger partial charge in [0.1, 0.15) is 0 Å². The molecular formula is C14H28O4. The van der Waals surface area contributed by atoms with Crippen LogP contribution in [0.25, 0.3) is 0 Å². The van der Waals surface area contributed by atoms with Crippen molar-refractivity contribution in [1.82, 2.24) is 0 Å². The molecule has 1 aliphatic rings. The molecular weight excluding hydrogens is 232 g/mol. The Kier molecular flexibility index (Phi) is 5.59. The van der Waals surface area contributed by atoms with E-state index in [2.05, 4.69) is 0 Å². The zero-order chi connectivity index (χ0) is 13.8. The van der Waals surface area contributed by atoms with Crippen LogP contribution in [0.4, 0.5) is 0 Å². The second kappa shape index (κ2) is 6.33. The fourth-order valence-electron chi connectivity index (χ4n) is 1.70. The Morgan fingerprint density at radius 3 is 1.44 bits per heavy atom. The largest absolute Gasteiger partial charge is 0.233 e. The van der Waals surface area contributed by atoms with Gasteiger partial charge >= 0.3 is 0 Å².